The minimum Gasteiger partial charge on any atom is -0.152 e. The van der Waals surface area contributed by atoms with E-state index in [1.54, 1.807) is 33.9 Å². The average Bonchev–Trinajstić information content (AvgIpc) is 2.44. The van der Waals surface area contributed by atoms with Crippen molar-refractivity contribution in [1.29, 1.82) is 0 Å². The Morgan fingerprint density at radius 1 is 1.30 bits per heavy atom. The summed E-state index contributed by atoms with van der Waals surface area (Å²) in [7, 11) is 0. The monoisotopic (exact) mass is 261 g/mol. The summed E-state index contributed by atoms with van der Waals surface area (Å²) in [4.78, 5) is 0. The van der Waals surface area contributed by atoms with Gasteiger partial charge in [0.2, 0.25) is 0 Å². The Morgan fingerprint density at radius 2 is 1.90 bits per heavy atom. The zero-order valence-electron chi connectivity index (χ0n) is 6.34. The summed E-state index contributed by atoms with van der Waals surface area (Å²) in [5.41, 5.74) is 0. The smallest absolute Gasteiger partial charge is 0.00934 e. The molecule has 1 aromatic rings. The third kappa shape index (κ3) is 8.50. The van der Waals surface area contributed by atoms with E-state index in [1.807, 2.05) is 22.9 Å². The Balaban J connectivity index is 0.000000162. The van der Waals surface area contributed by atoms with Gasteiger partial charge in [-0.25, -0.2) is 0 Å². The van der Waals surface area contributed by atoms with Crippen molar-refractivity contribution in [3.63, 3.8) is 0 Å². The van der Waals surface area contributed by atoms with Crippen LogP contribution in [0.4, 0.5) is 0 Å². The largest absolute Gasteiger partial charge is 0.152 e. The van der Waals surface area contributed by atoms with Gasteiger partial charge in [0.15, 0.2) is 0 Å². The Hall–Kier alpha value is 0.499. The summed E-state index contributed by atoms with van der Waals surface area (Å²) in [5, 5.41) is 4.08. The van der Waals surface area contributed by atoms with E-state index >= 15 is 0 Å². The number of unbranched alkanes of at least 4 members (excludes halogenated alkanes) is 1. The van der Waals surface area contributed by atoms with Crippen molar-refractivity contribution in [3.8, 4) is 0 Å². The van der Waals surface area contributed by atoms with Gasteiger partial charge >= 0.3 is 46.7 Å². The van der Waals surface area contributed by atoms with Gasteiger partial charge in [-0.2, -0.15) is 11.3 Å². The molecule has 0 spiro atoms. The third-order valence-corrected chi connectivity index (χ3v) is 2.59. The van der Waals surface area contributed by atoms with Crippen LogP contribution in [0.2, 0.25) is 4.44 Å². The fourth-order valence-corrected chi connectivity index (χ4v) is 1.87. The van der Waals surface area contributed by atoms with Gasteiger partial charge in [0.25, 0.3) is 0 Å². The first-order chi connectivity index (χ1) is 4.91. The molecule has 0 aromatic carbocycles. The van der Waals surface area contributed by atoms with E-state index in [2.05, 4.69) is 6.92 Å². The molecule has 0 saturated carbocycles. The molecule has 0 aliphatic carbocycles. The maximum Gasteiger partial charge on any atom is -0.00934 e. The van der Waals surface area contributed by atoms with Crippen LogP contribution in [0.25, 0.3) is 0 Å². The maximum absolute atomic E-state index is 2.23. The fraction of sp³-hybridized carbons (Fsp3) is 0.500. The molecular formula is C8H13SSn. The third-order valence-electron chi connectivity index (χ3n) is 0.956. The van der Waals surface area contributed by atoms with E-state index in [1.165, 1.54) is 17.3 Å². The SMILES string of the molecule is CCC[CH2][Sn].c1ccsc1. The molecule has 0 atom stereocenters. The summed E-state index contributed by atoms with van der Waals surface area (Å²) in [6.07, 6.45) is 2.80. The Morgan fingerprint density at radius 3 is 2.00 bits per heavy atom. The van der Waals surface area contributed by atoms with Crippen molar-refractivity contribution in [2.24, 2.45) is 0 Å². The van der Waals surface area contributed by atoms with E-state index < -0.39 is 0 Å². The first-order valence-corrected chi connectivity index (χ1v) is 6.49. The molecule has 55 valence electrons. The number of hydrogen-bond donors (Lipinski definition) is 0. The van der Waals surface area contributed by atoms with Crippen molar-refractivity contribution >= 4 is 33.9 Å². The number of hydrogen-bond acceptors (Lipinski definition) is 1. The second-order valence-electron chi connectivity index (χ2n) is 1.90. The molecule has 1 aromatic heterocycles. The van der Waals surface area contributed by atoms with Crippen LogP contribution in [-0.2, 0) is 0 Å². The molecular weight excluding hydrogens is 247 g/mol. The van der Waals surface area contributed by atoms with Crippen molar-refractivity contribution in [1.82, 2.24) is 0 Å². The van der Waals surface area contributed by atoms with Crippen LogP contribution < -0.4 is 0 Å². The van der Waals surface area contributed by atoms with Gasteiger partial charge in [-0.1, -0.05) is 12.1 Å². The second-order valence-corrected chi connectivity index (χ2v) is 4.14. The van der Waals surface area contributed by atoms with Gasteiger partial charge < -0.3 is 0 Å². The minimum atomic E-state index is 1.37. The molecule has 2 heteroatoms. The molecule has 10 heavy (non-hydrogen) atoms. The van der Waals surface area contributed by atoms with Crippen LogP contribution in [0.1, 0.15) is 19.8 Å². The van der Waals surface area contributed by atoms with E-state index in [0.29, 0.717) is 0 Å². The van der Waals surface area contributed by atoms with Gasteiger partial charge in [-0.05, 0) is 10.8 Å². The molecule has 1 heterocycles. The van der Waals surface area contributed by atoms with Crippen LogP contribution in [0.3, 0.4) is 0 Å². The van der Waals surface area contributed by atoms with E-state index in [0.717, 1.165) is 0 Å². The molecule has 0 N–H and O–H groups in total. The summed E-state index contributed by atoms with van der Waals surface area (Å²) < 4.78 is 1.43. The van der Waals surface area contributed by atoms with Crippen LogP contribution in [0.15, 0.2) is 22.9 Å². The Bertz CT molecular complexity index is 95.6. The zero-order chi connectivity index (χ0) is 7.66. The molecule has 0 bridgehead atoms. The molecule has 0 aliphatic rings. The second kappa shape index (κ2) is 9.50. The molecule has 1 rings (SSSR count). The molecule has 0 fully saturated rings. The Kier molecular flexibility index (Phi) is 9.97. The van der Waals surface area contributed by atoms with Gasteiger partial charge in [0, 0.05) is 0 Å². The van der Waals surface area contributed by atoms with E-state index in [4.69, 9.17) is 0 Å². The van der Waals surface area contributed by atoms with Gasteiger partial charge in [0.1, 0.15) is 0 Å². The molecule has 0 nitrogen and oxygen atoms in total. The topological polar surface area (TPSA) is 0 Å². The normalized spacial score (nSPS) is 8.20. The summed E-state index contributed by atoms with van der Waals surface area (Å²) >= 11 is 3.40. The maximum atomic E-state index is 2.23. The van der Waals surface area contributed by atoms with Crippen molar-refractivity contribution in [3.05, 3.63) is 22.9 Å². The van der Waals surface area contributed by atoms with E-state index in [-0.39, 0.29) is 0 Å². The first kappa shape index (κ1) is 10.5. The van der Waals surface area contributed by atoms with Crippen molar-refractivity contribution in [2.45, 2.75) is 24.2 Å². The quantitative estimate of drug-likeness (QED) is 0.716. The van der Waals surface area contributed by atoms with Crippen molar-refractivity contribution < 1.29 is 0 Å². The molecule has 0 aliphatic heterocycles. The summed E-state index contributed by atoms with van der Waals surface area (Å²) in [6, 6.07) is 4.04. The van der Waals surface area contributed by atoms with Gasteiger partial charge in [-0.15, -0.1) is 0 Å². The summed E-state index contributed by atoms with van der Waals surface area (Å²) in [5.74, 6) is 0. The molecule has 3 radical (unpaired) electrons. The average molecular weight is 260 g/mol. The van der Waals surface area contributed by atoms with E-state index in [9.17, 15) is 0 Å². The molecule has 0 amide bonds. The van der Waals surface area contributed by atoms with Gasteiger partial charge in [-0.3, -0.25) is 0 Å². The minimum absolute atomic E-state index is 1.37. The van der Waals surface area contributed by atoms with Crippen LogP contribution in [-0.4, -0.2) is 22.5 Å². The predicted octanol–water partition coefficient (Wildman–Crippen LogP) is 3.12. The van der Waals surface area contributed by atoms with Crippen molar-refractivity contribution in [2.75, 3.05) is 0 Å². The standard InChI is InChI=1S/C4H4S.C4H9.Sn/c1-2-4-5-3-1;1-3-4-2;/h1-4H;1,3-4H2,2H3;. The Labute approximate surface area is 80.7 Å². The van der Waals surface area contributed by atoms with Gasteiger partial charge in [0.05, 0.1) is 0 Å². The number of rotatable bonds is 2. The van der Waals surface area contributed by atoms with Crippen LogP contribution in [0.5, 0.6) is 0 Å². The van der Waals surface area contributed by atoms with Crippen LogP contribution in [0, 0.1) is 0 Å². The number of thiophene rings is 1. The molecule has 0 saturated heterocycles. The predicted molar refractivity (Wildman–Crippen MR) is 49.8 cm³/mol. The fourth-order valence-electron chi connectivity index (χ4n) is 0.404. The van der Waals surface area contributed by atoms with Crippen LogP contribution >= 0.6 is 11.3 Å². The summed E-state index contributed by atoms with van der Waals surface area (Å²) in [6.45, 7) is 2.23. The first-order valence-electron chi connectivity index (χ1n) is 3.53. The molecule has 0 unspecified atom stereocenters. The zero-order valence-corrected chi connectivity index (χ0v) is 10.0.